The van der Waals surface area contributed by atoms with Crippen LogP contribution in [0, 0.1) is 0 Å². The van der Waals surface area contributed by atoms with Crippen LogP contribution < -0.4 is 5.73 Å². The molecule has 0 fully saturated rings. The van der Waals surface area contributed by atoms with Crippen molar-refractivity contribution in [2.75, 3.05) is 0 Å². The molecule has 0 atom stereocenters. The lowest BCUT2D eigenvalue weighted by atomic mass is 10.0. The highest BCUT2D eigenvalue weighted by Gasteiger charge is 2.07. The summed E-state index contributed by atoms with van der Waals surface area (Å²) in [6.45, 7) is 0.582. The Morgan fingerprint density at radius 2 is 1.89 bits per heavy atom. The smallest absolute Gasteiger partial charge is 0.0484 e. The maximum atomic E-state index is 5.71. The summed E-state index contributed by atoms with van der Waals surface area (Å²) in [5.41, 5.74) is 10.6. The SMILES string of the molecule is Cn1cc(-c2cccc(CN)c2)c2ccccc21. The number of aromatic nitrogens is 1. The number of hydrogen-bond acceptors (Lipinski definition) is 1. The molecule has 0 unspecified atom stereocenters. The zero-order chi connectivity index (χ0) is 12.5. The van der Waals surface area contributed by atoms with Crippen molar-refractivity contribution >= 4 is 10.9 Å². The molecular weight excluding hydrogens is 220 g/mol. The fraction of sp³-hybridized carbons (Fsp3) is 0.125. The minimum Gasteiger partial charge on any atom is -0.350 e. The molecule has 3 aromatic rings. The molecule has 0 radical (unpaired) electrons. The second-order valence-electron chi connectivity index (χ2n) is 4.58. The van der Waals surface area contributed by atoms with Gasteiger partial charge in [-0.3, -0.25) is 0 Å². The van der Waals surface area contributed by atoms with Gasteiger partial charge in [0.15, 0.2) is 0 Å². The highest BCUT2D eigenvalue weighted by molar-refractivity contribution is 5.96. The predicted octanol–water partition coefficient (Wildman–Crippen LogP) is 3.30. The summed E-state index contributed by atoms with van der Waals surface area (Å²) in [5.74, 6) is 0. The number of benzene rings is 2. The summed E-state index contributed by atoms with van der Waals surface area (Å²) in [5, 5.41) is 1.29. The number of nitrogens with two attached hydrogens (primary N) is 1. The summed E-state index contributed by atoms with van der Waals surface area (Å²) >= 11 is 0. The fourth-order valence-corrected chi connectivity index (χ4v) is 2.44. The summed E-state index contributed by atoms with van der Waals surface area (Å²) < 4.78 is 2.17. The first-order valence-corrected chi connectivity index (χ1v) is 6.13. The number of fused-ring (bicyclic) bond motifs is 1. The predicted molar refractivity (Wildman–Crippen MR) is 76.2 cm³/mol. The average Bonchev–Trinajstić information content (AvgIpc) is 2.77. The first-order chi connectivity index (χ1) is 8.79. The number of para-hydroxylation sites is 1. The van der Waals surface area contributed by atoms with Gasteiger partial charge in [-0.15, -0.1) is 0 Å². The topological polar surface area (TPSA) is 30.9 Å². The Hall–Kier alpha value is -2.06. The second kappa shape index (κ2) is 4.31. The number of aryl methyl sites for hydroxylation is 1. The molecule has 0 bridgehead atoms. The third-order valence-corrected chi connectivity index (χ3v) is 3.37. The van der Waals surface area contributed by atoms with Crippen molar-refractivity contribution < 1.29 is 0 Å². The normalized spacial score (nSPS) is 11.0. The monoisotopic (exact) mass is 236 g/mol. The van der Waals surface area contributed by atoms with E-state index in [1.165, 1.54) is 27.6 Å². The Bertz CT molecular complexity index is 695. The van der Waals surface area contributed by atoms with E-state index in [2.05, 4.69) is 66.3 Å². The molecule has 0 aliphatic heterocycles. The van der Waals surface area contributed by atoms with Crippen LogP contribution in [0.25, 0.3) is 22.0 Å². The lowest BCUT2D eigenvalue weighted by Gasteiger charge is -2.02. The van der Waals surface area contributed by atoms with Crippen molar-refractivity contribution in [3.63, 3.8) is 0 Å². The van der Waals surface area contributed by atoms with E-state index >= 15 is 0 Å². The molecule has 0 spiro atoms. The van der Waals surface area contributed by atoms with E-state index < -0.39 is 0 Å². The standard InChI is InChI=1S/C16H16N2/c1-18-11-15(14-7-2-3-8-16(14)18)13-6-4-5-12(9-13)10-17/h2-9,11H,10,17H2,1H3. The van der Waals surface area contributed by atoms with Crippen LogP contribution >= 0.6 is 0 Å². The van der Waals surface area contributed by atoms with Gasteiger partial charge in [-0.2, -0.15) is 0 Å². The van der Waals surface area contributed by atoms with Crippen molar-refractivity contribution in [1.82, 2.24) is 4.57 Å². The molecule has 90 valence electrons. The van der Waals surface area contributed by atoms with Gasteiger partial charge >= 0.3 is 0 Å². The van der Waals surface area contributed by atoms with E-state index in [-0.39, 0.29) is 0 Å². The molecule has 3 rings (SSSR count). The molecular formula is C16H16N2. The first-order valence-electron chi connectivity index (χ1n) is 6.13. The van der Waals surface area contributed by atoms with Crippen LogP contribution in [-0.2, 0) is 13.6 Å². The van der Waals surface area contributed by atoms with Crippen molar-refractivity contribution in [1.29, 1.82) is 0 Å². The summed E-state index contributed by atoms with van der Waals surface area (Å²) in [6.07, 6.45) is 2.18. The van der Waals surface area contributed by atoms with Gasteiger partial charge in [0.1, 0.15) is 0 Å². The molecule has 0 aliphatic rings. The largest absolute Gasteiger partial charge is 0.350 e. The molecule has 0 aliphatic carbocycles. The van der Waals surface area contributed by atoms with Crippen LogP contribution in [0.15, 0.2) is 54.7 Å². The van der Waals surface area contributed by atoms with E-state index in [0.717, 1.165) is 0 Å². The number of rotatable bonds is 2. The van der Waals surface area contributed by atoms with Crippen molar-refractivity contribution in [3.8, 4) is 11.1 Å². The van der Waals surface area contributed by atoms with Crippen LogP contribution in [0.5, 0.6) is 0 Å². The Balaban J connectivity index is 2.25. The summed E-state index contributed by atoms with van der Waals surface area (Å²) in [6, 6.07) is 16.9. The third kappa shape index (κ3) is 1.71. The minimum absolute atomic E-state index is 0.582. The van der Waals surface area contributed by atoms with Gasteiger partial charge in [0.05, 0.1) is 0 Å². The Morgan fingerprint density at radius 3 is 2.72 bits per heavy atom. The molecule has 2 nitrogen and oxygen atoms in total. The van der Waals surface area contributed by atoms with E-state index in [1.54, 1.807) is 0 Å². The van der Waals surface area contributed by atoms with Gasteiger partial charge in [-0.05, 0) is 23.3 Å². The van der Waals surface area contributed by atoms with Crippen molar-refractivity contribution in [2.24, 2.45) is 12.8 Å². The van der Waals surface area contributed by atoms with E-state index in [1.807, 2.05) is 0 Å². The van der Waals surface area contributed by atoms with Crippen LogP contribution in [0.4, 0.5) is 0 Å². The van der Waals surface area contributed by atoms with Crippen LogP contribution in [0.3, 0.4) is 0 Å². The van der Waals surface area contributed by atoms with Gasteiger partial charge < -0.3 is 10.3 Å². The molecule has 1 aromatic heterocycles. The lowest BCUT2D eigenvalue weighted by molar-refractivity contribution is 0.970. The maximum Gasteiger partial charge on any atom is 0.0484 e. The Kier molecular flexibility index (Phi) is 2.65. The molecule has 0 amide bonds. The maximum absolute atomic E-state index is 5.71. The van der Waals surface area contributed by atoms with Crippen molar-refractivity contribution in [3.05, 3.63) is 60.3 Å². The molecule has 18 heavy (non-hydrogen) atoms. The van der Waals surface area contributed by atoms with E-state index in [9.17, 15) is 0 Å². The third-order valence-electron chi connectivity index (χ3n) is 3.37. The quantitative estimate of drug-likeness (QED) is 0.727. The molecule has 1 heterocycles. The lowest BCUT2D eigenvalue weighted by Crippen LogP contribution is -1.95. The molecule has 0 saturated carbocycles. The van der Waals surface area contributed by atoms with Gasteiger partial charge in [0.25, 0.3) is 0 Å². The molecule has 2 N–H and O–H groups in total. The molecule has 2 aromatic carbocycles. The molecule has 2 heteroatoms. The minimum atomic E-state index is 0.582. The second-order valence-corrected chi connectivity index (χ2v) is 4.58. The highest BCUT2D eigenvalue weighted by atomic mass is 14.9. The zero-order valence-corrected chi connectivity index (χ0v) is 10.4. The Labute approximate surface area is 107 Å². The van der Waals surface area contributed by atoms with Crippen molar-refractivity contribution in [2.45, 2.75) is 6.54 Å². The van der Waals surface area contributed by atoms with Crippen LogP contribution in [-0.4, -0.2) is 4.57 Å². The van der Waals surface area contributed by atoms with Gasteiger partial charge in [0, 0.05) is 36.3 Å². The highest BCUT2D eigenvalue weighted by Crippen LogP contribution is 2.30. The summed E-state index contributed by atoms with van der Waals surface area (Å²) in [4.78, 5) is 0. The van der Waals surface area contributed by atoms with Gasteiger partial charge in [-0.1, -0.05) is 36.4 Å². The number of nitrogens with zero attached hydrogens (tertiary/aromatic N) is 1. The fourth-order valence-electron chi connectivity index (χ4n) is 2.44. The molecule has 0 saturated heterocycles. The first kappa shape index (κ1) is 11.1. The summed E-state index contributed by atoms with van der Waals surface area (Å²) in [7, 11) is 2.08. The van der Waals surface area contributed by atoms with Gasteiger partial charge in [-0.25, -0.2) is 0 Å². The van der Waals surface area contributed by atoms with Gasteiger partial charge in [0.2, 0.25) is 0 Å². The van der Waals surface area contributed by atoms with Crippen LogP contribution in [0.2, 0.25) is 0 Å². The Morgan fingerprint density at radius 1 is 1.06 bits per heavy atom. The zero-order valence-electron chi connectivity index (χ0n) is 10.4. The number of hydrogen-bond donors (Lipinski definition) is 1. The average molecular weight is 236 g/mol. The van der Waals surface area contributed by atoms with E-state index in [4.69, 9.17) is 5.73 Å². The van der Waals surface area contributed by atoms with E-state index in [0.29, 0.717) is 6.54 Å². The van der Waals surface area contributed by atoms with Crippen LogP contribution in [0.1, 0.15) is 5.56 Å².